The van der Waals surface area contributed by atoms with Crippen molar-refractivity contribution in [2.24, 2.45) is 5.84 Å². The highest BCUT2D eigenvalue weighted by Gasteiger charge is 2.41. The monoisotopic (exact) mass is 296 g/mol. The molecule has 0 radical (unpaired) electrons. The molecule has 22 heavy (non-hydrogen) atoms. The van der Waals surface area contributed by atoms with Gasteiger partial charge < -0.3 is 9.43 Å². The Hall–Kier alpha value is -1.74. The Balaban J connectivity index is 1.78. The van der Waals surface area contributed by atoms with Crippen LogP contribution in [0.25, 0.3) is 0 Å². The Morgan fingerprint density at radius 2 is 2.05 bits per heavy atom. The zero-order chi connectivity index (χ0) is 15.5. The Bertz CT molecular complexity index is 716. The molecule has 3 nitrogen and oxygen atoms in total. The van der Waals surface area contributed by atoms with Crippen LogP contribution in [0.4, 0.5) is 5.69 Å². The molecule has 2 aliphatic rings. The summed E-state index contributed by atoms with van der Waals surface area (Å²) < 4.78 is 5.64. The molecule has 2 heterocycles. The number of aryl methyl sites for hydroxylation is 1. The lowest BCUT2D eigenvalue weighted by Gasteiger charge is -2.32. The quantitative estimate of drug-likeness (QED) is 0.797. The van der Waals surface area contributed by atoms with E-state index in [1.165, 1.54) is 41.0 Å². The molecule has 2 aromatic rings. The third-order valence-electron chi connectivity index (χ3n) is 5.91. The first-order valence-electron chi connectivity index (χ1n) is 8.25. The molecular weight excluding hydrogens is 272 g/mol. The maximum atomic E-state index is 6.32. The van der Waals surface area contributed by atoms with E-state index < -0.39 is 0 Å². The molecule has 4 rings (SSSR count). The highest BCUT2D eigenvalue weighted by atomic mass is 16.3. The molecule has 0 saturated heterocycles. The number of rotatable bonds is 1. The van der Waals surface area contributed by atoms with E-state index in [4.69, 9.17) is 10.3 Å². The largest absolute Gasteiger partial charge is 0.469 e. The standard InChI is InChI=1S/C19H24N2O/c1-12-16-11-13(7-8-17(16)21(20)19(12,2)3)14-5-4-6-18-15(14)9-10-22-18/h7-12,14H,4-6,20H2,1-3H3. The molecule has 0 bridgehead atoms. The van der Waals surface area contributed by atoms with Crippen molar-refractivity contribution in [3.8, 4) is 0 Å². The number of fused-ring (bicyclic) bond motifs is 2. The molecule has 116 valence electrons. The zero-order valence-electron chi connectivity index (χ0n) is 13.6. The molecule has 1 aliphatic carbocycles. The second kappa shape index (κ2) is 4.63. The van der Waals surface area contributed by atoms with Crippen molar-refractivity contribution in [1.29, 1.82) is 0 Å². The van der Waals surface area contributed by atoms with Crippen LogP contribution in [0.2, 0.25) is 0 Å². The summed E-state index contributed by atoms with van der Waals surface area (Å²) >= 11 is 0. The fourth-order valence-corrected chi connectivity index (χ4v) is 4.09. The molecule has 0 fully saturated rings. The highest BCUT2D eigenvalue weighted by molar-refractivity contribution is 5.64. The van der Waals surface area contributed by atoms with E-state index in [1.54, 1.807) is 0 Å². The van der Waals surface area contributed by atoms with E-state index in [-0.39, 0.29) is 5.54 Å². The van der Waals surface area contributed by atoms with Gasteiger partial charge in [-0.05, 0) is 49.9 Å². The summed E-state index contributed by atoms with van der Waals surface area (Å²) in [6.07, 6.45) is 5.31. The lowest BCUT2D eigenvalue weighted by molar-refractivity contribution is 0.428. The Morgan fingerprint density at radius 1 is 1.23 bits per heavy atom. The Morgan fingerprint density at radius 3 is 2.86 bits per heavy atom. The maximum absolute atomic E-state index is 6.32. The molecule has 1 aromatic carbocycles. The van der Waals surface area contributed by atoms with Gasteiger partial charge in [-0.1, -0.05) is 19.1 Å². The van der Waals surface area contributed by atoms with Crippen LogP contribution in [0, 0.1) is 0 Å². The van der Waals surface area contributed by atoms with Crippen LogP contribution < -0.4 is 10.9 Å². The van der Waals surface area contributed by atoms with Crippen molar-refractivity contribution in [3.63, 3.8) is 0 Å². The molecule has 0 saturated carbocycles. The smallest absolute Gasteiger partial charge is 0.107 e. The second-order valence-electron chi connectivity index (χ2n) is 7.31. The van der Waals surface area contributed by atoms with Crippen LogP contribution in [-0.4, -0.2) is 5.54 Å². The first-order chi connectivity index (χ1) is 10.5. The first kappa shape index (κ1) is 13.9. The number of hydrazine groups is 1. The van der Waals surface area contributed by atoms with Gasteiger partial charge in [-0.25, -0.2) is 5.84 Å². The summed E-state index contributed by atoms with van der Waals surface area (Å²) in [7, 11) is 0. The predicted octanol–water partition coefficient (Wildman–Crippen LogP) is 4.32. The van der Waals surface area contributed by atoms with Gasteiger partial charge >= 0.3 is 0 Å². The fraction of sp³-hybridized carbons (Fsp3) is 0.474. The van der Waals surface area contributed by atoms with Gasteiger partial charge in [0.05, 0.1) is 17.5 Å². The average Bonchev–Trinajstić information content (AvgIpc) is 3.06. The Kier molecular flexibility index (Phi) is 2.92. The second-order valence-corrected chi connectivity index (χ2v) is 7.31. The topological polar surface area (TPSA) is 42.4 Å². The number of furan rings is 1. The van der Waals surface area contributed by atoms with Gasteiger partial charge in [-0.2, -0.15) is 0 Å². The minimum absolute atomic E-state index is 0.0334. The van der Waals surface area contributed by atoms with Crippen molar-refractivity contribution >= 4 is 5.69 Å². The third kappa shape index (κ3) is 1.78. The van der Waals surface area contributed by atoms with Crippen LogP contribution in [0.1, 0.15) is 67.9 Å². The van der Waals surface area contributed by atoms with E-state index in [0.29, 0.717) is 11.8 Å². The molecule has 3 heteroatoms. The number of nitrogens with two attached hydrogens (primary N) is 1. The molecule has 1 aliphatic heterocycles. The average molecular weight is 296 g/mol. The molecule has 2 N–H and O–H groups in total. The molecule has 2 unspecified atom stereocenters. The summed E-state index contributed by atoms with van der Waals surface area (Å²) in [5.74, 6) is 8.39. The van der Waals surface area contributed by atoms with Gasteiger partial charge in [-0.3, -0.25) is 0 Å². The van der Waals surface area contributed by atoms with Crippen LogP contribution in [0.3, 0.4) is 0 Å². The summed E-state index contributed by atoms with van der Waals surface area (Å²) in [6.45, 7) is 6.71. The molecule has 0 amide bonds. The number of benzene rings is 1. The van der Waals surface area contributed by atoms with Crippen LogP contribution >= 0.6 is 0 Å². The lowest BCUT2D eigenvalue weighted by atomic mass is 9.80. The van der Waals surface area contributed by atoms with Gasteiger partial charge in [0.2, 0.25) is 0 Å². The summed E-state index contributed by atoms with van der Waals surface area (Å²) in [5, 5.41) is 1.93. The Labute approximate surface area is 132 Å². The number of hydrogen-bond acceptors (Lipinski definition) is 3. The van der Waals surface area contributed by atoms with Crippen LogP contribution in [0.5, 0.6) is 0 Å². The lowest BCUT2D eigenvalue weighted by Crippen LogP contribution is -2.47. The predicted molar refractivity (Wildman–Crippen MR) is 89.1 cm³/mol. The van der Waals surface area contributed by atoms with E-state index in [1.807, 2.05) is 11.3 Å². The minimum Gasteiger partial charge on any atom is -0.469 e. The minimum atomic E-state index is -0.0334. The van der Waals surface area contributed by atoms with Crippen LogP contribution in [-0.2, 0) is 6.42 Å². The molecular formula is C19H24N2O. The van der Waals surface area contributed by atoms with Crippen molar-refractivity contribution in [2.45, 2.75) is 57.4 Å². The number of nitrogens with zero attached hydrogens (tertiary/aromatic N) is 1. The SMILES string of the molecule is CC1c2cc(C3CCCc4occc43)ccc2N(N)C1(C)C. The zero-order valence-corrected chi connectivity index (χ0v) is 13.6. The van der Waals surface area contributed by atoms with Crippen molar-refractivity contribution in [3.05, 3.63) is 53.0 Å². The van der Waals surface area contributed by atoms with Gasteiger partial charge in [-0.15, -0.1) is 0 Å². The third-order valence-corrected chi connectivity index (χ3v) is 5.91. The maximum Gasteiger partial charge on any atom is 0.107 e. The van der Waals surface area contributed by atoms with Crippen LogP contribution in [0.15, 0.2) is 34.9 Å². The summed E-state index contributed by atoms with van der Waals surface area (Å²) in [4.78, 5) is 0. The van der Waals surface area contributed by atoms with Crippen molar-refractivity contribution in [2.75, 3.05) is 5.01 Å². The van der Waals surface area contributed by atoms with E-state index >= 15 is 0 Å². The molecule has 1 aromatic heterocycles. The fourth-order valence-electron chi connectivity index (χ4n) is 4.09. The highest BCUT2D eigenvalue weighted by Crippen LogP contribution is 2.47. The summed E-state index contributed by atoms with van der Waals surface area (Å²) in [6, 6.07) is 8.97. The van der Waals surface area contributed by atoms with Crippen molar-refractivity contribution in [1.82, 2.24) is 0 Å². The van der Waals surface area contributed by atoms with E-state index in [2.05, 4.69) is 45.0 Å². The first-order valence-corrected chi connectivity index (χ1v) is 8.25. The molecule has 0 spiro atoms. The van der Waals surface area contributed by atoms with E-state index in [9.17, 15) is 0 Å². The number of anilines is 1. The van der Waals surface area contributed by atoms with Gasteiger partial charge in [0, 0.05) is 23.8 Å². The molecule has 2 atom stereocenters. The van der Waals surface area contributed by atoms with Gasteiger partial charge in [0.1, 0.15) is 5.76 Å². The van der Waals surface area contributed by atoms with Gasteiger partial charge in [0.25, 0.3) is 0 Å². The van der Waals surface area contributed by atoms with E-state index in [0.717, 1.165) is 6.42 Å². The van der Waals surface area contributed by atoms with Crippen molar-refractivity contribution < 1.29 is 4.42 Å². The summed E-state index contributed by atoms with van der Waals surface area (Å²) in [5.41, 5.74) is 5.29. The normalized spacial score (nSPS) is 25.9. The van der Waals surface area contributed by atoms with Gasteiger partial charge in [0.15, 0.2) is 0 Å². The number of hydrogen-bond donors (Lipinski definition) is 1.